The van der Waals surface area contributed by atoms with Gasteiger partial charge >= 0.3 is 0 Å². The highest BCUT2D eigenvalue weighted by atomic mass is 127. The number of aliphatic imine (C=N–C) groups is 1. The van der Waals surface area contributed by atoms with Gasteiger partial charge < -0.3 is 15.5 Å². The molecule has 0 aliphatic heterocycles. The first-order chi connectivity index (χ1) is 14.6. The van der Waals surface area contributed by atoms with Crippen LogP contribution in [0.3, 0.4) is 0 Å². The molecule has 0 spiro atoms. The van der Waals surface area contributed by atoms with Gasteiger partial charge in [-0.2, -0.15) is 5.10 Å². The Hall–Kier alpha value is -2.95. The minimum Gasteiger partial charge on any atom is -0.357 e. The number of nitrogens with zero attached hydrogens (tertiary/aromatic N) is 5. The van der Waals surface area contributed by atoms with Crippen LogP contribution in [-0.2, 0) is 13.1 Å². The highest BCUT2D eigenvalue weighted by Crippen LogP contribution is 2.09. The number of carbonyl (C=O) groups excluding carboxylic acids is 1. The lowest BCUT2D eigenvalue weighted by Gasteiger charge is -2.13. The van der Waals surface area contributed by atoms with Gasteiger partial charge in [0.15, 0.2) is 5.96 Å². The number of benzene rings is 2. The Morgan fingerprint density at radius 2 is 1.71 bits per heavy atom. The SMILES string of the molecule is CCNC(=NCc1ccc(-n2cncn2)cc1)NCc1ccc(C(=O)N(C)C)cc1.I. The van der Waals surface area contributed by atoms with E-state index < -0.39 is 0 Å². The summed E-state index contributed by atoms with van der Waals surface area (Å²) in [6, 6.07) is 15.7. The average Bonchev–Trinajstić information content (AvgIpc) is 3.31. The summed E-state index contributed by atoms with van der Waals surface area (Å²) >= 11 is 0. The van der Waals surface area contributed by atoms with E-state index in [9.17, 15) is 4.79 Å². The molecule has 9 heteroatoms. The maximum Gasteiger partial charge on any atom is 0.253 e. The fourth-order valence-corrected chi connectivity index (χ4v) is 2.82. The van der Waals surface area contributed by atoms with E-state index in [1.165, 1.54) is 6.33 Å². The van der Waals surface area contributed by atoms with Gasteiger partial charge in [-0.25, -0.2) is 14.7 Å². The molecule has 0 atom stereocenters. The van der Waals surface area contributed by atoms with Gasteiger partial charge in [-0.1, -0.05) is 24.3 Å². The smallest absolute Gasteiger partial charge is 0.253 e. The van der Waals surface area contributed by atoms with Crippen molar-refractivity contribution < 1.29 is 4.79 Å². The molecule has 1 aromatic heterocycles. The predicted octanol–water partition coefficient (Wildman–Crippen LogP) is 2.84. The Kier molecular flexibility index (Phi) is 9.44. The number of halogens is 1. The third-order valence-electron chi connectivity index (χ3n) is 4.45. The molecule has 0 saturated carbocycles. The lowest BCUT2D eigenvalue weighted by atomic mass is 10.1. The lowest BCUT2D eigenvalue weighted by molar-refractivity contribution is 0.0827. The number of hydrogen-bond donors (Lipinski definition) is 2. The van der Waals surface area contributed by atoms with E-state index in [1.807, 2.05) is 55.5 Å². The molecule has 0 saturated heterocycles. The van der Waals surface area contributed by atoms with Crippen molar-refractivity contribution in [1.82, 2.24) is 30.3 Å². The van der Waals surface area contributed by atoms with E-state index >= 15 is 0 Å². The van der Waals surface area contributed by atoms with Gasteiger partial charge in [0.25, 0.3) is 5.91 Å². The van der Waals surface area contributed by atoms with E-state index in [4.69, 9.17) is 0 Å². The second kappa shape index (κ2) is 12.0. The van der Waals surface area contributed by atoms with Crippen LogP contribution in [0.25, 0.3) is 5.69 Å². The molecule has 0 unspecified atom stereocenters. The summed E-state index contributed by atoms with van der Waals surface area (Å²) in [7, 11) is 3.50. The van der Waals surface area contributed by atoms with Crippen molar-refractivity contribution in [1.29, 1.82) is 0 Å². The third-order valence-corrected chi connectivity index (χ3v) is 4.45. The largest absolute Gasteiger partial charge is 0.357 e. The van der Waals surface area contributed by atoms with Crippen LogP contribution in [0, 0.1) is 0 Å². The Morgan fingerprint density at radius 1 is 1.03 bits per heavy atom. The van der Waals surface area contributed by atoms with Crippen LogP contribution >= 0.6 is 24.0 Å². The van der Waals surface area contributed by atoms with Crippen molar-refractivity contribution in [3.05, 3.63) is 77.9 Å². The Morgan fingerprint density at radius 3 is 2.29 bits per heavy atom. The van der Waals surface area contributed by atoms with Gasteiger partial charge in [-0.3, -0.25) is 4.79 Å². The summed E-state index contributed by atoms with van der Waals surface area (Å²) in [6.45, 7) is 3.98. The fraction of sp³-hybridized carbons (Fsp3) is 0.273. The van der Waals surface area contributed by atoms with Crippen molar-refractivity contribution in [2.45, 2.75) is 20.0 Å². The third kappa shape index (κ3) is 7.06. The van der Waals surface area contributed by atoms with E-state index in [-0.39, 0.29) is 29.9 Å². The molecule has 3 rings (SSSR count). The highest BCUT2D eigenvalue weighted by molar-refractivity contribution is 14.0. The summed E-state index contributed by atoms with van der Waals surface area (Å²) in [5, 5.41) is 10.7. The van der Waals surface area contributed by atoms with E-state index in [2.05, 4.69) is 25.7 Å². The first-order valence-electron chi connectivity index (χ1n) is 9.83. The molecule has 2 N–H and O–H groups in total. The van der Waals surface area contributed by atoms with Gasteiger partial charge in [-0.05, 0) is 42.3 Å². The van der Waals surface area contributed by atoms with Crippen LogP contribution in [0.15, 0.2) is 66.2 Å². The standard InChI is InChI=1S/C22H27N7O.HI/c1-4-24-22(25-13-17-5-9-19(10-6-17)21(30)28(2)3)26-14-18-7-11-20(12-8-18)29-16-23-15-27-29;/h5-12,15-16H,4,13-14H2,1-3H3,(H2,24,25,26);1H. The van der Waals surface area contributed by atoms with Gasteiger partial charge in [-0.15, -0.1) is 24.0 Å². The first-order valence-corrected chi connectivity index (χ1v) is 9.83. The molecule has 1 amide bonds. The van der Waals surface area contributed by atoms with Gasteiger partial charge in [0.2, 0.25) is 0 Å². The zero-order valence-corrected chi connectivity index (χ0v) is 20.3. The Balaban J connectivity index is 0.00000341. The van der Waals surface area contributed by atoms with E-state index in [1.54, 1.807) is 30.0 Å². The quantitative estimate of drug-likeness (QED) is 0.277. The number of carbonyl (C=O) groups is 1. The fourth-order valence-electron chi connectivity index (χ4n) is 2.82. The van der Waals surface area contributed by atoms with Crippen LogP contribution in [0.2, 0.25) is 0 Å². The second-order valence-electron chi connectivity index (χ2n) is 6.95. The molecule has 0 fully saturated rings. The first kappa shape index (κ1) is 24.3. The Bertz CT molecular complexity index is 968. The predicted molar refractivity (Wildman–Crippen MR) is 133 cm³/mol. The Labute approximate surface area is 199 Å². The monoisotopic (exact) mass is 533 g/mol. The maximum absolute atomic E-state index is 12.0. The molecule has 31 heavy (non-hydrogen) atoms. The lowest BCUT2D eigenvalue weighted by Crippen LogP contribution is -2.36. The molecular weight excluding hydrogens is 505 g/mol. The molecule has 2 aromatic carbocycles. The van der Waals surface area contributed by atoms with E-state index in [0.717, 1.165) is 29.3 Å². The zero-order valence-electron chi connectivity index (χ0n) is 17.9. The molecule has 0 aliphatic carbocycles. The highest BCUT2D eigenvalue weighted by Gasteiger charge is 2.07. The average molecular weight is 533 g/mol. The number of rotatable bonds is 7. The number of hydrogen-bond acceptors (Lipinski definition) is 4. The maximum atomic E-state index is 12.0. The summed E-state index contributed by atoms with van der Waals surface area (Å²) in [5.41, 5.74) is 3.82. The molecule has 0 radical (unpaired) electrons. The number of guanidine groups is 1. The van der Waals surface area contributed by atoms with Crippen LogP contribution in [-0.4, -0.2) is 52.2 Å². The van der Waals surface area contributed by atoms with Crippen LogP contribution in [0.4, 0.5) is 0 Å². The summed E-state index contributed by atoms with van der Waals surface area (Å²) in [6.07, 6.45) is 3.18. The van der Waals surface area contributed by atoms with Crippen molar-refractivity contribution >= 4 is 35.8 Å². The van der Waals surface area contributed by atoms with Crippen LogP contribution in [0.5, 0.6) is 0 Å². The number of aromatic nitrogens is 3. The van der Waals surface area contributed by atoms with Crippen molar-refractivity contribution in [2.75, 3.05) is 20.6 Å². The molecule has 3 aromatic rings. The molecule has 0 aliphatic rings. The topological polar surface area (TPSA) is 87.4 Å². The van der Waals surface area contributed by atoms with Gasteiger partial charge in [0.1, 0.15) is 12.7 Å². The molecule has 8 nitrogen and oxygen atoms in total. The van der Waals surface area contributed by atoms with Crippen LogP contribution in [0.1, 0.15) is 28.4 Å². The van der Waals surface area contributed by atoms with Crippen LogP contribution < -0.4 is 10.6 Å². The molecule has 1 heterocycles. The van der Waals surface area contributed by atoms with Crippen molar-refractivity contribution in [2.24, 2.45) is 4.99 Å². The number of nitrogens with one attached hydrogen (secondary N) is 2. The van der Waals surface area contributed by atoms with E-state index in [0.29, 0.717) is 18.7 Å². The van der Waals surface area contributed by atoms with Crippen molar-refractivity contribution in [3.8, 4) is 5.69 Å². The minimum absolute atomic E-state index is 0. The molecule has 164 valence electrons. The summed E-state index contributed by atoms with van der Waals surface area (Å²) in [5.74, 6) is 0.741. The van der Waals surface area contributed by atoms with Gasteiger partial charge in [0, 0.05) is 32.7 Å². The zero-order chi connectivity index (χ0) is 21.3. The minimum atomic E-state index is -0.000696. The summed E-state index contributed by atoms with van der Waals surface area (Å²) < 4.78 is 1.72. The molecular formula is C22H28IN7O. The summed E-state index contributed by atoms with van der Waals surface area (Å²) in [4.78, 5) is 22.2. The number of amides is 1. The second-order valence-corrected chi connectivity index (χ2v) is 6.95. The normalized spacial score (nSPS) is 10.9. The molecule has 0 bridgehead atoms. The van der Waals surface area contributed by atoms with Crippen molar-refractivity contribution in [3.63, 3.8) is 0 Å². The van der Waals surface area contributed by atoms with Gasteiger partial charge in [0.05, 0.1) is 12.2 Å².